The van der Waals surface area contributed by atoms with Gasteiger partial charge in [-0.1, -0.05) is 12.7 Å². The quantitative estimate of drug-likeness (QED) is 0.766. The number of amides is 1. The first-order chi connectivity index (χ1) is 10.6. The molecule has 0 aromatic carbocycles. The molecule has 0 fully saturated rings. The number of alkyl halides is 3. The minimum atomic E-state index is -4.47. The van der Waals surface area contributed by atoms with Gasteiger partial charge in [-0.25, -0.2) is 4.98 Å². The van der Waals surface area contributed by atoms with Gasteiger partial charge in [-0.15, -0.1) is 11.3 Å². The van der Waals surface area contributed by atoms with Gasteiger partial charge >= 0.3 is 6.18 Å². The largest absolute Gasteiger partial charge is 0.416 e. The summed E-state index contributed by atoms with van der Waals surface area (Å²) in [6, 6.07) is 0. The summed E-state index contributed by atoms with van der Waals surface area (Å²) in [5, 5.41) is 7.47. The van der Waals surface area contributed by atoms with Gasteiger partial charge in [0.1, 0.15) is 5.54 Å². The second-order valence-corrected chi connectivity index (χ2v) is 5.98. The first-order valence-corrected chi connectivity index (χ1v) is 7.55. The fourth-order valence-corrected chi connectivity index (χ4v) is 2.12. The van der Waals surface area contributed by atoms with Crippen LogP contribution in [-0.2, 0) is 4.79 Å². The molecule has 0 aliphatic carbocycles. The zero-order valence-electron chi connectivity index (χ0n) is 13.0. The maximum Gasteiger partial charge on any atom is 0.416 e. The molecule has 4 nitrogen and oxygen atoms in total. The monoisotopic (exact) mass is 345 g/mol. The minimum Gasteiger partial charge on any atom is -0.372 e. The van der Waals surface area contributed by atoms with Crippen molar-refractivity contribution >= 4 is 22.4 Å². The first kappa shape index (κ1) is 19.0. The number of nitrogens with one attached hydrogen (secondary N) is 2. The Morgan fingerprint density at radius 2 is 2.04 bits per heavy atom. The van der Waals surface area contributed by atoms with Gasteiger partial charge in [0.2, 0.25) is 0 Å². The van der Waals surface area contributed by atoms with Crippen molar-refractivity contribution in [3.8, 4) is 0 Å². The fraction of sp³-hybridized carbons (Fsp3) is 0.333. The standard InChI is InChI=1S/C15H18F3N3OS/c1-5-10(15(16,17)18)9-11(6-2)21-14(3,4)12(22)20-13-19-7-8-23-13/h5-9,21H,2H2,1,3-4H3,(H,19,20,22)/b10-5+,11-9+. The number of nitrogens with zero attached hydrogens (tertiary/aromatic N) is 1. The van der Waals surface area contributed by atoms with Crippen LogP contribution in [0.4, 0.5) is 18.3 Å². The molecule has 8 heteroatoms. The predicted molar refractivity (Wildman–Crippen MR) is 86.1 cm³/mol. The molecule has 23 heavy (non-hydrogen) atoms. The molecule has 0 atom stereocenters. The van der Waals surface area contributed by atoms with E-state index in [0.29, 0.717) is 5.13 Å². The maximum atomic E-state index is 12.8. The van der Waals surface area contributed by atoms with Crippen LogP contribution in [0.5, 0.6) is 0 Å². The van der Waals surface area contributed by atoms with E-state index >= 15 is 0 Å². The van der Waals surface area contributed by atoms with Crippen LogP contribution >= 0.6 is 11.3 Å². The summed E-state index contributed by atoms with van der Waals surface area (Å²) in [7, 11) is 0. The van der Waals surface area contributed by atoms with E-state index in [9.17, 15) is 18.0 Å². The van der Waals surface area contributed by atoms with Gasteiger partial charge in [0, 0.05) is 17.3 Å². The van der Waals surface area contributed by atoms with Crippen LogP contribution in [0.2, 0.25) is 0 Å². The first-order valence-electron chi connectivity index (χ1n) is 6.67. The summed E-state index contributed by atoms with van der Waals surface area (Å²) in [6.45, 7) is 7.88. The Kier molecular flexibility index (Phi) is 6.14. The van der Waals surface area contributed by atoms with Gasteiger partial charge in [-0.2, -0.15) is 13.2 Å². The van der Waals surface area contributed by atoms with E-state index in [0.717, 1.165) is 12.2 Å². The SMILES string of the molecule is C=C/C(=C\C(=C/C)C(F)(F)F)NC(C)(C)C(=O)Nc1nccs1. The number of anilines is 1. The molecule has 0 unspecified atom stereocenters. The van der Waals surface area contributed by atoms with E-state index in [-0.39, 0.29) is 5.70 Å². The topological polar surface area (TPSA) is 54.0 Å². The Morgan fingerprint density at radius 1 is 1.39 bits per heavy atom. The lowest BCUT2D eigenvalue weighted by Crippen LogP contribution is -2.49. The van der Waals surface area contributed by atoms with Crippen molar-refractivity contribution in [2.75, 3.05) is 5.32 Å². The number of thiazole rings is 1. The van der Waals surface area contributed by atoms with Gasteiger partial charge in [0.25, 0.3) is 5.91 Å². The van der Waals surface area contributed by atoms with E-state index in [1.807, 2.05) is 0 Å². The summed E-state index contributed by atoms with van der Waals surface area (Å²) >= 11 is 1.25. The average molecular weight is 345 g/mol. The van der Waals surface area contributed by atoms with Gasteiger partial charge in [-0.3, -0.25) is 10.1 Å². The summed E-state index contributed by atoms with van der Waals surface area (Å²) in [5.41, 5.74) is -1.89. The lowest BCUT2D eigenvalue weighted by atomic mass is 10.0. The molecule has 0 radical (unpaired) electrons. The normalized spacial score (nSPS) is 13.7. The van der Waals surface area contributed by atoms with Gasteiger partial charge in [-0.05, 0) is 32.9 Å². The number of hydrogen-bond donors (Lipinski definition) is 2. The highest BCUT2D eigenvalue weighted by atomic mass is 32.1. The molecule has 126 valence electrons. The van der Waals surface area contributed by atoms with Crippen molar-refractivity contribution in [3.63, 3.8) is 0 Å². The van der Waals surface area contributed by atoms with Gasteiger partial charge in [0.05, 0.1) is 5.57 Å². The van der Waals surface area contributed by atoms with Crippen molar-refractivity contribution < 1.29 is 18.0 Å². The number of halogens is 3. The molecule has 0 aliphatic heterocycles. The fourth-order valence-electron chi connectivity index (χ4n) is 1.60. The van der Waals surface area contributed by atoms with Crippen LogP contribution in [0.1, 0.15) is 20.8 Å². The summed E-state index contributed by atoms with van der Waals surface area (Å²) < 4.78 is 38.4. The van der Waals surface area contributed by atoms with Crippen LogP contribution in [-0.4, -0.2) is 22.6 Å². The molecule has 1 aromatic heterocycles. The number of carbonyl (C=O) groups is 1. The molecule has 2 N–H and O–H groups in total. The van der Waals surface area contributed by atoms with E-state index < -0.39 is 23.2 Å². The Balaban J connectivity index is 2.91. The van der Waals surface area contributed by atoms with E-state index in [4.69, 9.17) is 0 Å². The number of hydrogen-bond acceptors (Lipinski definition) is 4. The van der Waals surface area contributed by atoms with Crippen molar-refractivity contribution in [3.05, 3.63) is 47.7 Å². The highest BCUT2D eigenvalue weighted by Gasteiger charge is 2.33. The molecule has 1 aromatic rings. The predicted octanol–water partition coefficient (Wildman–Crippen LogP) is 4.03. The third-order valence-corrected chi connectivity index (χ3v) is 3.54. The zero-order chi connectivity index (χ0) is 17.7. The molecule has 0 saturated heterocycles. The summed E-state index contributed by atoms with van der Waals surface area (Å²) in [5.74, 6) is -0.422. The molecule has 1 amide bonds. The van der Waals surface area contributed by atoms with Crippen molar-refractivity contribution in [1.29, 1.82) is 0 Å². The zero-order valence-corrected chi connectivity index (χ0v) is 13.8. The van der Waals surface area contributed by atoms with Crippen LogP contribution in [0.15, 0.2) is 47.7 Å². The molecule has 0 aliphatic rings. The van der Waals surface area contributed by atoms with Crippen LogP contribution in [0.25, 0.3) is 0 Å². The van der Waals surface area contributed by atoms with E-state index in [1.165, 1.54) is 30.5 Å². The molecule has 1 heterocycles. The van der Waals surface area contributed by atoms with Gasteiger partial charge < -0.3 is 5.32 Å². The third kappa shape index (κ3) is 5.55. The Labute approximate surface area is 136 Å². The van der Waals surface area contributed by atoms with Crippen LogP contribution in [0, 0.1) is 0 Å². The molecular formula is C15H18F3N3OS. The maximum absolute atomic E-state index is 12.8. The Bertz CT molecular complexity index is 616. The average Bonchev–Trinajstić information content (AvgIpc) is 2.94. The van der Waals surface area contributed by atoms with Gasteiger partial charge in [0.15, 0.2) is 5.13 Å². The number of rotatable bonds is 6. The highest BCUT2D eigenvalue weighted by Crippen LogP contribution is 2.27. The number of allylic oxidation sites excluding steroid dienone is 4. The van der Waals surface area contributed by atoms with E-state index in [1.54, 1.807) is 19.2 Å². The smallest absolute Gasteiger partial charge is 0.372 e. The number of aromatic nitrogens is 1. The van der Waals surface area contributed by atoms with Crippen molar-refractivity contribution in [1.82, 2.24) is 10.3 Å². The molecular weight excluding hydrogens is 327 g/mol. The number of carbonyl (C=O) groups excluding carboxylic acids is 1. The molecule has 0 saturated carbocycles. The van der Waals surface area contributed by atoms with Crippen molar-refractivity contribution in [2.45, 2.75) is 32.5 Å². The second-order valence-electron chi connectivity index (χ2n) is 5.09. The Hall–Kier alpha value is -2.09. The lowest BCUT2D eigenvalue weighted by molar-refractivity contribution is -0.120. The lowest BCUT2D eigenvalue weighted by Gasteiger charge is -2.26. The van der Waals surface area contributed by atoms with E-state index in [2.05, 4.69) is 22.2 Å². The van der Waals surface area contributed by atoms with Crippen molar-refractivity contribution in [2.24, 2.45) is 0 Å². The second kappa shape index (κ2) is 7.45. The summed E-state index contributed by atoms with van der Waals surface area (Å²) in [6.07, 6.45) is 0.155. The summed E-state index contributed by atoms with van der Waals surface area (Å²) in [4.78, 5) is 16.2. The molecule has 0 bridgehead atoms. The Morgan fingerprint density at radius 3 is 2.48 bits per heavy atom. The molecule has 0 spiro atoms. The third-order valence-electron chi connectivity index (χ3n) is 2.85. The minimum absolute atomic E-state index is 0.0923. The van der Waals surface area contributed by atoms with Crippen LogP contribution < -0.4 is 10.6 Å². The highest BCUT2D eigenvalue weighted by molar-refractivity contribution is 7.13. The molecule has 1 rings (SSSR count). The van der Waals surface area contributed by atoms with Crippen LogP contribution in [0.3, 0.4) is 0 Å².